The van der Waals surface area contributed by atoms with Gasteiger partial charge in [0.25, 0.3) is 0 Å². The molecule has 0 amide bonds. The topological polar surface area (TPSA) is 29.5 Å². The number of carbonyl (C=O) groups excluding carboxylic acids is 1. The highest BCUT2D eigenvalue weighted by atomic mass is 16.5. The molecule has 2 atom stereocenters. The molecule has 3 heteroatoms. The summed E-state index contributed by atoms with van der Waals surface area (Å²) >= 11 is 0. The highest BCUT2D eigenvalue weighted by molar-refractivity contribution is 5.73. The summed E-state index contributed by atoms with van der Waals surface area (Å²) in [5.41, 5.74) is 1.08. The molecule has 1 fully saturated rings. The van der Waals surface area contributed by atoms with Crippen molar-refractivity contribution in [3.63, 3.8) is 0 Å². The Kier molecular flexibility index (Phi) is 4.02. The van der Waals surface area contributed by atoms with Crippen molar-refractivity contribution < 1.29 is 9.53 Å². The van der Waals surface area contributed by atoms with E-state index in [1.807, 2.05) is 30.3 Å². The average Bonchev–Trinajstić information content (AvgIpc) is 2.34. The van der Waals surface area contributed by atoms with Gasteiger partial charge < -0.3 is 4.74 Å². The highest BCUT2D eigenvalue weighted by Crippen LogP contribution is 2.29. The van der Waals surface area contributed by atoms with E-state index in [-0.39, 0.29) is 18.1 Å². The molecule has 0 aromatic heterocycles. The fourth-order valence-electron chi connectivity index (χ4n) is 2.47. The molecule has 0 unspecified atom stereocenters. The maximum absolute atomic E-state index is 11.7. The number of ether oxygens (including phenoxy) is 1. The normalized spacial score (nSPS) is 25.2. The predicted molar refractivity (Wildman–Crippen MR) is 71.1 cm³/mol. The van der Waals surface area contributed by atoms with Crippen LogP contribution in [0.4, 0.5) is 0 Å². The number of nitrogens with zero attached hydrogens (tertiary/aromatic N) is 1. The minimum absolute atomic E-state index is 0.123. The first kappa shape index (κ1) is 13.1. The van der Waals surface area contributed by atoms with Crippen LogP contribution in [0.15, 0.2) is 30.3 Å². The first-order valence-corrected chi connectivity index (χ1v) is 6.56. The number of benzene rings is 1. The van der Waals surface area contributed by atoms with Crippen LogP contribution in [0.3, 0.4) is 0 Å². The largest absolute Gasteiger partial charge is 0.455 e. The minimum Gasteiger partial charge on any atom is -0.455 e. The van der Waals surface area contributed by atoms with E-state index in [1.165, 1.54) is 0 Å². The molecule has 98 valence electrons. The van der Waals surface area contributed by atoms with Crippen molar-refractivity contribution in [3.05, 3.63) is 35.9 Å². The number of hydrogen-bond acceptors (Lipinski definition) is 3. The standard InChI is InChI=1S/C15H21NO2/c1-11(2)9-16-10-14(17)18-15(12(16)3)13-7-5-4-6-8-13/h4-8,11-12,15H,9-10H2,1-3H3/t12-,15-/m0/s1. The monoisotopic (exact) mass is 247 g/mol. The molecule has 1 heterocycles. The Morgan fingerprint density at radius 1 is 1.33 bits per heavy atom. The van der Waals surface area contributed by atoms with Gasteiger partial charge in [-0.15, -0.1) is 0 Å². The zero-order valence-corrected chi connectivity index (χ0v) is 11.3. The zero-order chi connectivity index (χ0) is 13.1. The molecular weight excluding hydrogens is 226 g/mol. The van der Waals surface area contributed by atoms with Crippen molar-refractivity contribution in [2.45, 2.75) is 32.9 Å². The average molecular weight is 247 g/mol. The van der Waals surface area contributed by atoms with E-state index in [0.29, 0.717) is 12.5 Å². The Hall–Kier alpha value is -1.35. The molecule has 0 saturated carbocycles. The van der Waals surface area contributed by atoms with Crippen molar-refractivity contribution in [1.29, 1.82) is 0 Å². The molecule has 0 N–H and O–H groups in total. The van der Waals surface area contributed by atoms with Crippen LogP contribution in [0.2, 0.25) is 0 Å². The van der Waals surface area contributed by atoms with Gasteiger partial charge in [-0.05, 0) is 18.4 Å². The van der Waals surface area contributed by atoms with Gasteiger partial charge in [0.2, 0.25) is 0 Å². The number of cyclic esters (lactones) is 1. The van der Waals surface area contributed by atoms with Crippen LogP contribution in [0.25, 0.3) is 0 Å². The van der Waals surface area contributed by atoms with Gasteiger partial charge in [-0.1, -0.05) is 44.2 Å². The van der Waals surface area contributed by atoms with Gasteiger partial charge >= 0.3 is 5.97 Å². The van der Waals surface area contributed by atoms with Gasteiger partial charge in [0, 0.05) is 12.6 Å². The molecule has 3 nitrogen and oxygen atoms in total. The van der Waals surface area contributed by atoms with Crippen LogP contribution in [0.5, 0.6) is 0 Å². The van der Waals surface area contributed by atoms with Gasteiger partial charge in [-0.3, -0.25) is 9.69 Å². The number of carbonyl (C=O) groups is 1. The summed E-state index contributed by atoms with van der Waals surface area (Å²) in [4.78, 5) is 13.9. The Labute approximate surface area is 109 Å². The Morgan fingerprint density at radius 2 is 2.00 bits per heavy atom. The van der Waals surface area contributed by atoms with Crippen LogP contribution in [-0.4, -0.2) is 30.0 Å². The minimum atomic E-state index is -0.147. The smallest absolute Gasteiger partial charge is 0.320 e. The second-order valence-electron chi connectivity index (χ2n) is 5.39. The van der Waals surface area contributed by atoms with Crippen LogP contribution < -0.4 is 0 Å². The molecule has 18 heavy (non-hydrogen) atoms. The third kappa shape index (κ3) is 2.91. The SMILES string of the molecule is CC(C)CN1CC(=O)O[C@H](c2ccccc2)[C@@H]1C. The van der Waals surface area contributed by atoms with Crippen LogP contribution in [0.1, 0.15) is 32.4 Å². The second kappa shape index (κ2) is 5.53. The van der Waals surface area contributed by atoms with Crippen LogP contribution in [-0.2, 0) is 9.53 Å². The number of rotatable bonds is 3. The van der Waals surface area contributed by atoms with Crippen molar-refractivity contribution in [3.8, 4) is 0 Å². The van der Waals surface area contributed by atoms with E-state index in [2.05, 4.69) is 25.7 Å². The van der Waals surface area contributed by atoms with E-state index in [1.54, 1.807) is 0 Å². The summed E-state index contributed by atoms with van der Waals surface area (Å²) in [7, 11) is 0. The Balaban J connectivity index is 2.17. The molecule has 0 spiro atoms. The maximum Gasteiger partial charge on any atom is 0.320 e. The summed E-state index contributed by atoms with van der Waals surface area (Å²) in [5, 5.41) is 0. The Morgan fingerprint density at radius 3 is 2.61 bits per heavy atom. The summed E-state index contributed by atoms with van der Waals surface area (Å²) in [5.74, 6) is 0.428. The lowest BCUT2D eigenvalue weighted by molar-refractivity contribution is -0.165. The van der Waals surface area contributed by atoms with Gasteiger partial charge in [-0.25, -0.2) is 0 Å². The van der Waals surface area contributed by atoms with Crippen molar-refractivity contribution in [2.75, 3.05) is 13.1 Å². The van der Waals surface area contributed by atoms with E-state index < -0.39 is 0 Å². The first-order chi connectivity index (χ1) is 8.58. The van der Waals surface area contributed by atoms with Crippen LogP contribution >= 0.6 is 0 Å². The number of hydrogen-bond donors (Lipinski definition) is 0. The van der Waals surface area contributed by atoms with Gasteiger partial charge in [0.15, 0.2) is 0 Å². The van der Waals surface area contributed by atoms with Crippen molar-refractivity contribution in [2.24, 2.45) is 5.92 Å². The van der Waals surface area contributed by atoms with E-state index in [0.717, 1.165) is 12.1 Å². The predicted octanol–water partition coefficient (Wildman–Crippen LogP) is 2.63. The summed E-state index contributed by atoms with van der Waals surface area (Å²) < 4.78 is 5.52. The number of morpholine rings is 1. The van der Waals surface area contributed by atoms with Gasteiger partial charge in [0.1, 0.15) is 6.10 Å². The fourth-order valence-corrected chi connectivity index (χ4v) is 2.47. The molecule has 1 aromatic rings. The molecule has 0 radical (unpaired) electrons. The van der Waals surface area contributed by atoms with E-state index in [9.17, 15) is 4.79 Å². The van der Waals surface area contributed by atoms with Crippen molar-refractivity contribution in [1.82, 2.24) is 4.90 Å². The summed E-state index contributed by atoms with van der Waals surface area (Å²) in [6, 6.07) is 10.2. The third-order valence-electron chi connectivity index (χ3n) is 3.33. The molecule has 1 saturated heterocycles. The van der Waals surface area contributed by atoms with Gasteiger partial charge in [0.05, 0.1) is 6.54 Å². The molecule has 1 aromatic carbocycles. The first-order valence-electron chi connectivity index (χ1n) is 6.56. The quantitative estimate of drug-likeness (QED) is 0.769. The molecule has 1 aliphatic heterocycles. The molecule has 2 rings (SSSR count). The lowest BCUT2D eigenvalue weighted by Crippen LogP contribution is -2.49. The lowest BCUT2D eigenvalue weighted by atomic mass is 9.99. The molecule has 0 bridgehead atoms. The Bertz CT molecular complexity index is 402. The van der Waals surface area contributed by atoms with Crippen molar-refractivity contribution >= 4 is 5.97 Å². The van der Waals surface area contributed by atoms with E-state index >= 15 is 0 Å². The molecular formula is C15H21NO2. The van der Waals surface area contributed by atoms with E-state index in [4.69, 9.17) is 4.74 Å². The highest BCUT2D eigenvalue weighted by Gasteiger charge is 2.34. The lowest BCUT2D eigenvalue weighted by Gasteiger charge is -2.39. The second-order valence-corrected chi connectivity index (χ2v) is 5.39. The molecule has 1 aliphatic rings. The van der Waals surface area contributed by atoms with Crippen LogP contribution in [0, 0.1) is 5.92 Å². The maximum atomic E-state index is 11.7. The molecule has 0 aliphatic carbocycles. The third-order valence-corrected chi connectivity index (χ3v) is 3.33. The van der Waals surface area contributed by atoms with Gasteiger partial charge in [-0.2, -0.15) is 0 Å². The zero-order valence-electron chi connectivity index (χ0n) is 11.3. The summed E-state index contributed by atoms with van der Waals surface area (Å²) in [6.07, 6.45) is -0.147. The summed E-state index contributed by atoms with van der Waals surface area (Å²) in [6.45, 7) is 7.81. The number of esters is 1. The fraction of sp³-hybridized carbons (Fsp3) is 0.533.